The van der Waals surface area contributed by atoms with Crippen molar-refractivity contribution in [2.75, 3.05) is 0 Å². The summed E-state index contributed by atoms with van der Waals surface area (Å²) in [5.74, 6) is 0.721. The van der Waals surface area contributed by atoms with Crippen molar-refractivity contribution in [3.8, 4) is 22.6 Å². The maximum Gasteiger partial charge on any atom is 0.0755 e. The molecule has 0 aliphatic carbocycles. The average Bonchev–Trinajstić information content (AvgIpc) is 3.01. The average molecular weight is 708 g/mol. The molecule has 7 rings (SSSR count). The molecular formula is C37H29IrN3-2. The monoisotopic (exact) mass is 708 g/mol. The van der Waals surface area contributed by atoms with E-state index in [-0.39, 0.29) is 25.5 Å². The molecule has 0 saturated carbocycles. The predicted molar refractivity (Wildman–Crippen MR) is 166 cm³/mol. The summed E-state index contributed by atoms with van der Waals surface area (Å²) in [6.45, 7) is 6.61. The molecule has 0 aliphatic heterocycles. The summed E-state index contributed by atoms with van der Waals surface area (Å²) in [5, 5.41) is 5.87. The van der Waals surface area contributed by atoms with E-state index >= 15 is 0 Å². The smallest absolute Gasteiger partial charge is 0.0755 e. The molecule has 0 bridgehead atoms. The van der Waals surface area contributed by atoms with Crippen LogP contribution in [0.2, 0.25) is 0 Å². The first kappa shape index (κ1) is 28.3. The van der Waals surface area contributed by atoms with E-state index in [1.807, 2.05) is 54.9 Å². The van der Waals surface area contributed by atoms with E-state index in [4.69, 9.17) is 4.98 Å². The van der Waals surface area contributed by atoms with Gasteiger partial charge >= 0.3 is 0 Å². The van der Waals surface area contributed by atoms with Crippen molar-refractivity contribution in [3.05, 3.63) is 139 Å². The van der Waals surface area contributed by atoms with Crippen molar-refractivity contribution in [3.63, 3.8) is 0 Å². The van der Waals surface area contributed by atoms with Gasteiger partial charge in [-0.2, -0.15) is 0 Å². The van der Waals surface area contributed by atoms with Gasteiger partial charge in [-0.25, -0.2) is 0 Å². The first-order valence-corrected chi connectivity index (χ1v) is 13.4. The molecule has 4 heteroatoms. The van der Waals surface area contributed by atoms with Crippen molar-refractivity contribution in [2.24, 2.45) is 0 Å². The Morgan fingerprint density at radius 3 is 2.10 bits per heavy atom. The minimum atomic E-state index is 0. The second-order valence-electron chi connectivity index (χ2n) is 10.8. The molecule has 0 aliphatic rings. The molecule has 0 fully saturated rings. The summed E-state index contributed by atoms with van der Waals surface area (Å²) in [6.07, 6.45) is 3.83. The molecule has 0 spiro atoms. The molecular weight excluding hydrogens is 679 g/mol. The molecule has 0 saturated heterocycles. The summed E-state index contributed by atoms with van der Waals surface area (Å²) in [5.41, 5.74) is 5.29. The molecule has 0 N–H and O–H groups in total. The number of hydrogen-bond donors (Lipinski definition) is 0. The first-order valence-electron chi connectivity index (χ1n) is 13.4. The van der Waals surface area contributed by atoms with Crippen LogP contribution in [0.3, 0.4) is 0 Å². The molecule has 0 amide bonds. The van der Waals surface area contributed by atoms with Gasteiger partial charge in [0.1, 0.15) is 0 Å². The third-order valence-electron chi connectivity index (χ3n) is 7.03. The first-order chi connectivity index (χ1) is 19.5. The van der Waals surface area contributed by atoms with Crippen LogP contribution in [0.5, 0.6) is 0 Å². The number of rotatable bonds is 2. The molecule has 2 heterocycles. The van der Waals surface area contributed by atoms with Gasteiger partial charge in [-0.3, -0.25) is 9.97 Å². The van der Waals surface area contributed by atoms with Crippen LogP contribution in [-0.4, -0.2) is 15.0 Å². The van der Waals surface area contributed by atoms with E-state index in [0.717, 1.165) is 33.5 Å². The Kier molecular flexibility index (Phi) is 8.35. The Labute approximate surface area is 254 Å². The molecule has 0 atom stereocenters. The number of pyridine rings is 1. The van der Waals surface area contributed by atoms with E-state index < -0.39 is 0 Å². The minimum absolute atomic E-state index is 0. The van der Waals surface area contributed by atoms with Crippen LogP contribution in [-0.2, 0) is 25.5 Å². The van der Waals surface area contributed by atoms with Gasteiger partial charge in [0.25, 0.3) is 0 Å². The standard InChI is InChI=1S/C22H19N2.C15H10N.Ir/c1-22(2,3)17-11-8-16(9-12-17)21-23-14-19-18-7-5-4-6-15(18)10-13-20(19)24-21;1-2-6-12(7-3-1)15-10-13-8-4-5-9-14(13)11-16-15;/h4-8,10-14H,1-3H3;1-6,8-11H;/q2*-1;. The van der Waals surface area contributed by atoms with Gasteiger partial charge in [0.15, 0.2) is 0 Å². The maximum atomic E-state index is 4.75. The summed E-state index contributed by atoms with van der Waals surface area (Å²) in [7, 11) is 0. The van der Waals surface area contributed by atoms with Gasteiger partial charge < -0.3 is 4.98 Å². The number of hydrogen-bond acceptors (Lipinski definition) is 3. The van der Waals surface area contributed by atoms with E-state index in [0.29, 0.717) is 0 Å². The van der Waals surface area contributed by atoms with Gasteiger partial charge in [0.05, 0.1) is 11.3 Å². The minimum Gasteiger partial charge on any atom is -0.304 e. The zero-order valence-corrected chi connectivity index (χ0v) is 25.6. The van der Waals surface area contributed by atoms with Crippen molar-refractivity contribution in [1.82, 2.24) is 15.0 Å². The summed E-state index contributed by atoms with van der Waals surface area (Å²) >= 11 is 0. The molecule has 203 valence electrons. The van der Waals surface area contributed by atoms with E-state index in [2.05, 4.69) is 110 Å². The number of fused-ring (bicyclic) bond motifs is 4. The van der Waals surface area contributed by atoms with E-state index in [1.165, 1.54) is 27.1 Å². The fourth-order valence-corrected chi connectivity index (χ4v) is 4.73. The van der Waals surface area contributed by atoms with Crippen LogP contribution < -0.4 is 0 Å². The van der Waals surface area contributed by atoms with Crippen molar-refractivity contribution < 1.29 is 20.1 Å². The largest absolute Gasteiger partial charge is 0.304 e. The molecule has 2 aromatic heterocycles. The van der Waals surface area contributed by atoms with Crippen LogP contribution in [0.15, 0.2) is 122 Å². The van der Waals surface area contributed by atoms with Crippen molar-refractivity contribution in [1.29, 1.82) is 0 Å². The van der Waals surface area contributed by atoms with Gasteiger partial charge in [0, 0.05) is 37.9 Å². The molecule has 1 radical (unpaired) electrons. The molecule has 41 heavy (non-hydrogen) atoms. The van der Waals surface area contributed by atoms with Gasteiger partial charge in [-0.1, -0.05) is 81.4 Å². The fourth-order valence-electron chi connectivity index (χ4n) is 4.73. The Morgan fingerprint density at radius 2 is 1.37 bits per heavy atom. The van der Waals surface area contributed by atoms with E-state index in [1.54, 1.807) is 0 Å². The number of aromatic nitrogens is 3. The summed E-state index contributed by atoms with van der Waals surface area (Å²) in [6, 6.07) is 43.5. The van der Waals surface area contributed by atoms with Crippen LogP contribution in [0.1, 0.15) is 26.3 Å². The van der Waals surface area contributed by atoms with Crippen LogP contribution in [0.4, 0.5) is 0 Å². The van der Waals surface area contributed by atoms with E-state index in [9.17, 15) is 0 Å². The van der Waals surface area contributed by atoms with Crippen LogP contribution in [0, 0.1) is 12.1 Å². The second-order valence-corrected chi connectivity index (χ2v) is 10.8. The Balaban J connectivity index is 0.000000173. The zero-order valence-electron chi connectivity index (χ0n) is 23.2. The molecule has 0 unspecified atom stereocenters. The maximum absolute atomic E-state index is 4.75. The quantitative estimate of drug-likeness (QED) is 0.133. The summed E-state index contributed by atoms with van der Waals surface area (Å²) < 4.78 is 0. The molecule has 7 aromatic rings. The van der Waals surface area contributed by atoms with Crippen molar-refractivity contribution in [2.45, 2.75) is 26.2 Å². The topological polar surface area (TPSA) is 38.7 Å². The fraction of sp³-hybridized carbons (Fsp3) is 0.108. The van der Waals surface area contributed by atoms with Gasteiger partial charge in [-0.15, -0.1) is 71.3 Å². The third-order valence-corrected chi connectivity index (χ3v) is 7.03. The van der Waals surface area contributed by atoms with Crippen LogP contribution >= 0.6 is 0 Å². The molecule has 3 nitrogen and oxygen atoms in total. The third kappa shape index (κ3) is 6.25. The molecule has 5 aromatic carbocycles. The Bertz CT molecular complexity index is 1930. The Morgan fingerprint density at radius 1 is 0.610 bits per heavy atom. The normalized spacial score (nSPS) is 11.1. The predicted octanol–water partition coefficient (Wildman–Crippen LogP) is 9.25. The van der Waals surface area contributed by atoms with Gasteiger partial charge in [0.2, 0.25) is 0 Å². The van der Waals surface area contributed by atoms with Crippen LogP contribution in [0.25, 0.3) is 55.1 Å². The SMILES string of the molecule is CC(C)(C)c1c[c-]c(-c2ncc3c(ccc4ccccc43)n2)cc1.[Ir].[c-]1ccccc1-c1cc2ccccc2cn1. The number of nitrogens with zero attached hydrogens (tertiary/aromatic N) is 3. The zero-order chi connectivity index (χ0) is 27.5. The summed E-state index contributed by atoms with van der Waals surface area (Å²) in [4.78, 5) is 13.8. The number of benzene rings is 5. The Hall–Kier alpha value is -4.24. The van der Waals surface area contributed by atoms with Crippen molar-refractivity contribution >= 4 is 32.4 Å². The second kappa shape index (κ2) is 12.1. The van der Waals surface area contributed by atoms with Gasteiger partial charge in [-0.05, 0) is 38.7 Å².